The van der Waals surface area contributed by atoms with Crippen molar-refractivity contribution < 1.29 is 14.2 Å². The summed E-state index contributed by atoms with van der Waals surface area (Å²) in [6.07, 6.45) is 0. The molecule has 0 amide bonds. The highest BCUT2D eigenvalue weighted by Crippen LogP contribution is 2.31. The second-order valence-corrected chi connectivity index (χ2v) is 7.40. The van der Waals surface area contributed by atoms with Crippen molar-refractivity contribution in [3.63, 3.8) is 0 Å². The molecule has 31 heavy (non-hydrogen) atoms. The van der Waals surface area contributed by atoms with E-state index < -0.39 is 5.82 Å². The van der Waals surface area contributed by atoms with Crippen LogP contribution in [-0.2, 0) is 6.54 Å². The van der Waals surface area contributed by atoms with E-state index in [1.165, 1.54) is 6.07 Å². The molecule has 0 unspecified atom stereocenters. The van der Waals surface area contributed by atoms with Crippen LogP contribution in [0, 0.1) is 19.7 Å². The van der Waals surface area contributed by atoms with Crippen LogP contribution in [0.2, 0.25) is 0 Å². The standard InChI is InChI=1S/C23H24FN5O2/c1-5-31-18-10-11-20(19(24)12-18)29-15(3)21-14(2)25-26-23(22(21)27-29)28(4)13-16-6-8-17(30)9-7-16/h6-12,30H,5,13H2,1-4H3. The lowest BCUT2D eigenvalue weighted by Crippen LogP contribution is -2.19. The second kappa shape index (κ2) is 8.22. The Morgan fingerprint density at radius 2 is 1.84 bits per heavy atom. The fourth-order valence-corrected chi connectivity index (χ4v) is 3.67. The molecule has 2 heterocycles. The Balaban J connectivity index is 1.78. The van der Waals surface area contributed by atoms with Crippen LogP contribution in [0.25, 0.3) is 16.6 Å². The van der Waals surface area contributed by atoms with Gasteiger partial charge in [0.15, 0.2) is 11.6 Å². The quantitative estimate of drug-likeness (QED) is 0.500. The first kappa shape index (κ1) is 20.6. The number of aromatic hydroxyl groups is 1. The number of ether oxygens (including phenoxy) is 1. The summed E-state index contributed by atoms with van der Waals surface area (Å²) in [6.45, 7) is 6.64. The number of phenolic OH excluding ortho intramolecular Hbond substituents is 1. The van der Waals surface area contributed by atoms with Crippen LogP contribution in [0.5, 0.6) is 11.5 Å². The Hall–Kier alpha value is -3.68. The van der Waals surface area contributed by atoms with Crippen molar-refractivity contribution in [2.45, 2.75) is 27.3 Å². The molecule has 1 N–H and O–H groups in total. The number of anilines is 1. The van der Waals surface area contributed by atoms with Crippen LogP contribution in [-0.4, -0.2) is 38.7 Å². The molecule has 0 spiro atoms. The molecule has 0 aliphatic heterocycles. The van der Waals surface area contributed by atoms with Crippen LogP contribution < -0.4 is 9.64 Å². The Kier molecular flexibility index (Phi) is 5.46. The first-order valence-electron chi connectivity index (χ1n) is 10.0. The zero-order chi connectivity index (χ0) is 22.1. The Morgan fingerprint density at radius 3 is 2.52 bits per heavy atom. The smallest absolute Gasteiger partial charge is 0.179 e. The first-order chi connectivity index (χ1) is 14.9. The number of hydrogen-bond acceptors (Lipinski definition) is 6. The third kappa shape index (κ3) is 3.88. The van der Waals surface area contributed by atoms with E-state index in [9.17, 15) is 9.50 Å². The third-order valence-corrected chi connectivity index (χ3v) is 5.16. The maximum Gasteiger partial charge on any atom is 0.179 e. The molecule has 4 aromatic rings. The lowest BCUT2D eigenvalue weighted by molar-refractivity contribution is 0.338. The second-order valence-electron chi connectivity index (χ2n) is 7.40. The highest BCUT2D eigenvalue weighted by atomic mass is 19.1. The summed E-state index contributed by atoms with van der Waals surface area (Å²) in [5, 5.41) is 23.7. The molecule has 4 rings (SSSR count). The number of fused-ring (bicyclic) bond motifs is 1. The summed E-state index contributed by atoms with van der Waals surface area (Å²) in [5.74, 6) is 0.879. The predicted molar refractivity (Wildman–Crippen MR) is 117 cm³/mol. The van der Waals surface area contributed by atoms with Gasteiger partial charge in [-0.2, -0.15) is 10.2 Å². The lowest BCUT2D eigenvalue weighted by Gasteiger charge is -2.18. The van der Waals surface area contributed by atoms with Crippen molar-refractivity contribution in [2.24, 2.45) is 0 Å². The Morgan fingerprint density at radius 1 is 1.10 bits per heavy atom. The number of aromatic nitrogens is 4. The van der Waals surface area contributed by atoms with Crippen molar-refractivity contribution in [1.82, 2.24) is 20.0 Å². The van der Waals surface area contributed by atoms with Gasteiger partial charge in [-0.05, 0) is 50.6 Å². The van der Waals surface area contributed by atoms with Gasteiger partial charge in [0.25, 0.3) is 0 Å². The van der Waals surface area contributed by atoms with Gasteiger partial charge >= 0.3 is 0 Å². The van der Waals surface area contributed by atoms with Crippen molar-refractivity contribution in [3.05, 3.63) is 65.2 Å². The summed E-state index contributed by atoms with van der Waals surface area (Å²) in [5.41, 5.74) is 3.50. The van der Waals surface area contributed by atoms with E-state index in [4.69, 9.17) is 9.84 Å². The molecular formula is C23H24FN5O2. The number of benzene rings is 2. The fraction of sp³-hybridized carbons (Fsp3) is 0.261. The average molecular weight is 421 g/mol. The van der Waals surface area contributed by atoms with E-state index in [-0.39, 0.29) is 5.75 Å². The number of aryl methyl sites for hydroxylation is 2. The minimum Gasteiger partial charge on any atom is -0.508 e. The zero-order valence-electron chi connectivity index (χ0n) is 17.9. The van der Waals surface area contributed by atoms with Gasteiger partial charge in [0, 0.05) is 19.7 Å². The van der Waals surface area contributed by atoms with Gasteiger partial charge in [0.05, 0.1) is 23.4 Å². The Labute approximate surface area is 179 Å². The molecule has 160 valence electrons. The van der Waals surface area contributed by atoms with Crippen molar-refractivity contribution in [1.29, 1.82) is 0 Å². The van der Waals surface area contributed by atoms with E-state index in [1.807, 2.05) is 44.9 Å². The maximum absolute atomic E-state index is 14.8. The fourth-order valence-electron chi connectivity index (χ4n) is 3.67. The first-order valence-corrected chi connectivity index (χ1v) is 10.0. The van der Waals surface area contributed by atoms with E-state index in [2.05, 4.69) is 10.2 Å². The highest BCUT2D eigenvalue weighted by Gasteiger charge is 2.20. The number of nitrogens with zero attached hydrogens (tertiary/aromatic N) is 5. The van der Waals surface area contributed by atoms with Crippen molar-refractivity contribution in [3.8, 4) is 17.2 Å². The molecule has 0 bridgehead atoms. The molecule has 0 aliphatic carbocycles. The molecule has 0 saturated heterocycles. The monoisotopic (exact) mass is 421 g/mol. The minimum atomic E-state index is -0.417. The van der Waals surface area contributed by atoms with E-state index in [0.29, 0.717) is 35.9 Å². The molecule has 0 aliphatic rings. The van der Waals surface area contributed by atoms with Gasteiger partial charge in [-0.25, -0.2) is 9.07 Å². The molecular weight excluding hydrogens is 397 g/mol. The molecule has 0 fully saturated rings. The third-order valence-electron chi connectivity index (χ3n) is 5.16. The van der Waals surface area contributed by atoms with E-state index >= 15 is 0 Å². The molecule has 0 radical (unpaired) electrons. The topological polar surface area (TPSA) is 76.3 Å². The normalized spacial score (nSPS) is 11.1. The predicted octanol–water partition coefficient (Wildman–Crippen LogP) is 4.31. The van der Waals surface area contributed by atoms with Crippen LogP contribution in [0.1, 0.15) is 23.9 Å². The summed E-state index contributed by atoms with van der Waals surface area (Å²) in [7, 11) is 1.90. The molecule has 0 atom stereocenters. The van der Waals surface area contributed by atoms with Crippen molar-refractivity contribution >= 4 is 16.7 Å². The van der Waals surface area contributed by atoms with Gasteiger partial charge in [-0.15, -0.1) is 5.10 Å². The molecule has 0 saturated carbocycles. The number of rotatable bonds is 6. The molecule has 7 nitrogen and oxygen atoms in total. The average Bonchev–Trinajstić information content (AvgIpc) is 3.08. The summed E-state index contributed by atoms with van der Waals surface area (Å²) < 4.78 is 21.8. The lowest BCUT2D eigenvalue weighted by atomic mass is 10.2. The zero-order valence-corrected chi connectivity index (χ0v) is 17.9. The van der Waals surface area contributed by atoms with Crippen LogP contribution >= 0.6 is 0 Å². The van der Waals surface area contributed by atoms with Gasteiger partial charge in [0.1, 0.15) is 22.7 Å². The van der Waals surface area contributed by atoms with Gasteiger partial charge in [0.2, 0.25) is 0 Å². The summed E-state index contributed by atoms with van der Waals surface area (Å²) in [6, 6.07) is 11.8. The Bertz CT molecular complexity index is 1240. The van der Waals surface area contributed by atoms with Crippen LogP contribution in [0.3, 0.4) is 0 Å². The van der Waals surface area contributed by atoms with Gasteiger partial charge in [-0.3, -0.25) is 0 Å². The van der Waals surface area contributed by atoms with Crippen LogP contribution in [0.15, 0.2) is 42.5 Å². The number of phenols is 1. The van der Waals surface area contributed by atoms with E-state index in [0.717, 1.165) is 22.3 Å². The molecule has 2 aromatic heterocycles. The van der Waals surface area contributed by atoms with Crippen LogP contribution in [0.4, 0.5) is 10.2 Å². The minimum absolute atomic E-state index is 0.218. The van der Waals surface area contributed by atoms with Gasteiger partial charge in [-0.1, -0.05) is 12.1 Å². The summed E-state index contributed by atoms with van der Waals surface area (Å²) >= 11 is 0. The maximum atomic E-state index is 14.8. The summed E-state index contributed by atoms with van der Waals surface area (Å²) in [4.78, 5) is 1.94. The SMILES string of the molecule is CCOc1ccc(-n2nc3c(N(C)Cc4ccc(O)cc4)nnc(C)c3c2C)c(F)c1. The largest absolute Gasteiger partial charge is 0.508 e. The van der Waals surface area contributed by atoms with Gasteiger partial charge < -0.3 is 14.7 Å². The molecule has 2 aromatic carbocycles. The molecule has 8 heteroatoms. The number of hydrogen-bond donors (Lipinski definition) is 1. The van der Waals surface area contributed by atoms with Crippen molar-refractivity contribution in [2.75, 3.05) is 18.6 Å². The number of halogens is 1. The highest BCUT2D eigenvalue weighted by molar-refractivity contribution is 5.92. The van der Waals surface area contributed by atoms with E-state index in [1.54, 1.807) is 28.9 Å².